The Hall–Kier alpha value is -1.62. The number of carbonyl (C=O) groups is 1. The maximum atomic E-state index is 12.0. The van der Waals surface area contributed by atoms with E-state index in [0.717, 1.165) is 6.07 Å². The van der Waals surface area contributed by atoms with E-state index < -0.39 is 21.5 Å². The number of carbonyl (C=O) groups excluding carboxylic acids is 1. The summed E-state index contributed by atoms with van der Waals surface area (Å²) in [7, 11) is -3.96. The zero-order valence-electron chi connectivity index (χ0n) is 10.3. The minimum absolute atomic E-state index is 0.0160. The number of amides is 1. The summed E-state index contributed by atoms with van der Waals surface area (Å²) >= 11 is 5.76. The van der Waals surface area contributed by atoms with E-state index in [2.05, 4.69) is 4.72 Å². The third-order valence-corrected chi connectivity index (χ3v) is 4.34. The molecule has 1 aromatic rings. The number of nitriles is 1. The molecule has 0 fully saturated rings. The first-order valence-electron chi connectivity index (χ1n) is 5.14. The number of hydrogen-bond donors (Lipinski definition) is 2. The molecule has 0 radical (unpaired) electrons. The number of benzene rings is 1. The van der Waals surface area contributed by atoms with Crippen LogP contribution < -0.4 is 10.5 Å². The Labute approximate surface area is 116 Å². The largest absolute Gasteiger partial charge is 0.368 e. The number of nitrogens with one attached hydrogen (secondary N) is 1. The van der Waals surface area contributed by atoms with Gasteiger partial charge in [-0.3, -0.25) is 4.79 Å². The Morgan fingerprint density at radius 1 is 1.47 bits per heavy atom. The molecule has 0 aliphatic heterocycles. The van der Waals surface area contributed by atoms with Crippen LogP contribution in [-0.2, 0) is 14.8 Å². The van der Waals surface area contributed by atoms with Crippen LogP contribution in [0.3, 0.4) is 0 Å². The average Bonchev–Trinajstić information content (AvgIpc) is 2.27. The van der Waals surface area contributed by atoms with Gasteiger partial charge in [-0.05, 0) is 32.0 Å². The van der Waals surface area contributed by atoms with E-state index in [1.807, 2.05) is 6.07 Å². The van der Waals surface area contributed by atoms with Crippen LogP contribution in [0.15, 0.2) is 23.1 Å². The van der Waals surface area contributed by atoms with Crippen LogP contribution in [0.4, 0.5) is 0 Å². The second-order valence-corrected chi connectivity index (χ2v) is 6.44. The molecule has 102 valence electrons. The highest BCUT2D eigenvalue weighted by molar-refractivity contribution is 7.89. The summed E-state index contributed by atoms with van der Waals surface area (Å²) in [5.74, 6) is -0.809. The van der Waals surface area contributed by atoms with Crippen LogP contribution in [0.5, 0.6) is 0 Å². The Kier molecular flexibility index (Phi) is 4.20. The summed E-state index contributed by atoms with van der Waals surface area (Å²) in [6.07, 6.45) is 0. The SMILES string of the molecule is CC(C)(NS(=O)(=O)c1ccc(C#N)c(Cl)c1)C(N)=O. The fraction of sp³-hybridized carbons (Fsp3) is 0.273. The smallest absolute Gasteiger partial charge is 0.241 e. The highest BCUT2D eigenvalue weighted by Gasteiger charge is 2.31. The Bertz CT molecular complexity index is 662. The normalized spacial score (nSPS) is 11.9. The summed E-state index contributed by atoms with van der Waals surface area (Å²) in [4.78, 5) is 11.0. The van der Waals surface area contributed by atoms with Gasteiger partial charge in [-0.15, -0.1) is 0 Å². The lowest BCUT2D eigenvalue weighted by Crippen LogP contribution is -2.52. The Balaban J connectivity index is 3.19. The molecule has 6 nitrogen and oxygen atoms in total. The van der Waals surface area contributed by atoms with Gasteiger partial charge in [0.1, 0.15) is 11.6 Å². The van der Waals surface area contributed by atoms with E-state index in [9.17, 15) is 13.2 Å². The zero-order chi connectivity index (χ0) is 14.8. The summed E-state index contributed by atoms with van der Waals surface area (Å²) in [5, 5.41) is 8.73. The standard InChI is InChI=1S/C11H12ClN3O3S/c1-11(2,10(14)16)15-19(17,18)8-4-3-7(6-13)9(12)5-8/h3-5,15H,1-2H3,(H2,14,16). The van der Waals surface area contributed by atoms with Crippen LogP contribution in [0, 0.1) is 11.3 Å². The molecule has 0 saturated carbocycles. The molecule has 1 rings (SSSR count). The molecule has 0 aliphatic carbocycles. The van der Waals surface area contributed by atoms with E-state index in [-0.39, 0.29) is 15.5 Å². The van der Waals surface area contributed by atoms with Gasteiger partial charge in [0.25, 0.3) is 0 Å². The molecule has 8 heteroatoms. The van der Waals surface area contributed by atoms with Gasteiger partial charge in [-0.1, -0.05) is 11.6 Å². The maximum absolute atomic E-state index is 12.0. The van der Waals surface area contributed by atoms with Gasteiger partial charge in [0.15, 0.2) is 0 Å². The molecule has 0 aromatic heterocycles. The van der Waals surface area contributed by atoms with E-state index >= 15 is 0 Å². The minimum atomic E-state index is -3.96. The number of halogens is 1. The molecular formula is C11H12ClN3O3S. The molecular weight excluding hydrogens is 290 g/mol. The summed E-state index contributed by atoms with van der Waals surface area (Å²) in [5.41, 5.74) is 3.83. The predicted octanol–water partition coefficient (Wildman–Crippen LogP) is 0.754. The van der Waals surface area contributed by atoms with Crippen molar-refractivity contribution in [1.82, 2.24) is 4.72 Å². The quantitative estimate of drug-likeness (QED) is 0.854. The van der Waals surface area contributed by atoms with Gasteiger partial charge in [-0.25, -0.2) is 8.42 Å². The lowest BCUT2D eigenvalue weighted by molar-refractivity contribution is -0.122. The van der Waals surface area contributed by atoms with Crippen molar-refractivity contribution in [2.75, 3.05) is 0 Å². The molecule has 0 atom stereocenters. The van der Waals surface area contributed by atoms with Crippen LogP contribution in [-0.4, -0.2) is 19.9 Å². The van der Waals surface area contributed by atoms with Crippen molar-refractivity contribution < 1.29 is 13.2 Å². The first-order valence-corrected chi connectivity index (χ1v) is 7.00. The fourth-order valence-electron chi connectivity index (χ4n) is 1.20. The Morgan fingerprint density at radius 2 is 2.05 bits per heavy atom. The minimum Gasteiger partial charge on any atom is -0.368 e. The second kappa shape index (κ2) is 5.17. The first-order chi connectivity index (χ1) is 8.60. The van der Waals surface area contributed by atoms with Crippen molar-refractivity contribution in [3.05, 3.63) is 28.8 Å². The van der Waals surface area contributed by atoms with Gasteiger partial charge in [0.05, 0.1) is 15.5 Å². The molecule has 0 bridgehead atoms. The predicted molar refractivity (Wildman–Crippen MR) is 69.8 cm³/mol. The van der Waals surface area contributed by atoms with Crippen molar-refractivity contribution in [2.24, 2.45) is 5.73 Å². The van der Waals surface area contributed by atoms with Crippen molar-refractivity contribution in [3.8, 4) is 6.07 Å². The van der Waals surface area contributed by atoms with E-state index in [1.54, 1.807) is 0 Å². The van der Waals surface area contributed by atoms with Crippen molar-refractivity contribution in [2.45, 2.75) is 24.3 Å². The van der Waals surface area contributed by atoms with Gasteiger partial charge < -0.3 is 5.73 Å². The third-order valence-electron chi connectivity index (χ3n) is 2.38. The fourth-order valence-corrected chi connectivity index (χ4v) is 2.90. The highest BCUT2D eigenvalue weighted by Crippen LogP contribution is 2.21. The zero-order valence-corrected chi connectivity index (χ0v) is 11.8. The first kappa shape index (κ1) is 15.4. The monoisotopic (exact) mass is 301 g/mol. The topological polar surface area (TPSA) is 113 Å². The summed E-state index contributed by atoms with van der Waals surface area (Å²) < 4.78 is 26.3. The van der Waals surface area contributed by atoms with E-state index in [0.29, 0.717) is 0 Å². The molecule has 1 aromatic carbocycles. The molecule has 19 heavy (non-hydrogen) atoms. The Morgan fingerprint density at radius 3 is 2.47 bits per heavy atom. The number of primary amides is 1. The van der Waals surface area contributed by atoms with Crippen LogP contribution >= 0.6 is 11.6 Å². The second-order valence-electron chi connectivity index (χ2n) is 4.35. The maximum Gasteiger partial charge on any atom is 0.241 e. The van der Waals surface area contributed by atoms with E-state index in [4.69, 9.17) is 22.6 Å². The molecule has 0 unspecified atom stereocenters. The number of hydrogen-bond acceptors (Lipinski definition) is 4. The summed E-state index contributed by atoms with van der Waals surface area (Å²) in [6.45, 7) is 2.69. The van der Waals surface area contributed by atoms with E-state index in [1.165, 1.54) is 26.0 Å². The molecule has 1 amide bonds. The average molecular weight is 302 g/mol. The molecule has 0 aliphatic rings. The van der Waals surface area contributed by atoms with Gasteiger partial charge >= 0.3 is 0 Å². The summed E-state index contributed by atoms with van der Waals surface area (Å²) in [6, 6.07) is 5.47. The number of sulfonamides is 1. The lowest BCUT2D eigenvalue weighted by atomic mass is 10.1. The van der Waals surface area contributed by atoms with Crippen molar-refractivity contribution in [1.29, 1.82) is 5.26 Å². The molecule has 0 spiro atoms. The third kappa shape index (κ3) is 3.44. The van der Waals surface area contributed by atoms with Gasteiger partial charge in [0.2, 0.25) is 15.9 Å². The van der Waals surface area contributed by atoms with Gasteiger partial charge in [-0.2, -0.15) is 9.98 Å². The van der Waals surface area contributed by atoms with Crippen LogP contribution in [0.2, 0.25) is 5.02 Å². The molecule has 0 heterocycles. The van der Waals surface area contributed by atoms with Crippen LogP contribution in [0.25, 0.3) is 0 Å². The van der Waals surface area contributed by atoms with Crippen molar-refractivity contribution in [3.63, 3.8) is 0 Å². The van der Waals surface area contributed by atoms with Gasteiger partial charge in [0, 0.05) is 0 Å². The highest BCUT2D eigenvalue weighted by atomic mass is 35.5. The number of nitrogens with zero attached hydrogens (tertiary/aromatic N) is 1. The lowest BCUT2D eigenvalue weighted by Gasteiger charge is -2.22. The van der Waals surface area contributed by atoms with Crippen molar-refractivity contribution >= 4 is 27.5 Å². The van der Waals surface area contributed by atoms with Crippen LogP contribution in [0.1, 0.15) is 19.4 Å². The molecule has 0 saturated heterocycles. The molecule has 3 N–H and O–H groups in total. The number of rotatable bonds is 4. The number of nitrogens with two attached hydrogens (primary N) is 1.